The number of thiazole rings is 1. The molecular weight excluding hydrogens is 316 g/mol. The molecule has 0 fully saturated rings. The largest absolute Gasteiger partial charge is 0.497 e. The van der Waals surface area contributed by atoms with Gasteiger partial charge in [-0.3, -0.25) is 4.90 Å². The molecule has 2 heterocycles. The van der Waals surface area contributed by atoms with E-state index < -0.39 is 5.97 Å². The highest BCUT2D eigenvalue weighted by Gasteiger charge is 2.20. The maximum atomic E-state index is 11.2. The SMILES string of the molecule is COC1=CCCC(C2=CN(c3nc(C)c(C(=O)O)s3)C=CO2)=C1. The van der Waals surface area contributed by atoms with Crippen molar-refractivity contribution in [1.82, 2.24) is 4.98 Å². The van der Waals surface area contributed by atoms with Crippen molar-refractivity contribution in [2.45, 2.75) is 19.8 Å². The van der Waals surface area contributed by atoms with Gasteiger partial charge in [0.05, 0.1) is 19.0 Å². The topological polar surface area (TPSA) is 71.9 Å². The standard InChI is InChI=1S/C16H16N2O4S/c1-10-14(15(19)20)23-16(17-10)18-6-7-22-13(9-18)11-4-3-5-12(8-11)21-2/h5-9H,3-4H2,1-2H3,(H,19,20). The van der Waals surface area contributed by atoms with Gasteiger partial charge in [0.1, 0.15) is 22.7 Å². The Morgan fingerprint density at radius 3 is 3.04 bits per heavy atom. The van der Waals surface area contributed by atoms with Crippen LogP contribution in [0.2, 0.25) is 0 Å². The summed E-state index contributed by atoms with van der Waals surface area (Å²) in [5, 5.41) is 9.75. The van der Waals surface area contributed by atoms with Crippen LogP contribution in [0.1, 0.15) is 28.2 Å². The molecule has 1 aliphatic carbocycles. The van der Waals surface area contributed by atoms with Crippen LogP contribution in [0.25, 0.3) is 0 Å². The lowest BCUT2D eigenvalue weighted by atomic mass is 10.0. The van der Waals surface area contributed by atoms with Gasteiger partial charge in [-0.05, 0) is 31.9 Å². The normalized spacial score (nSPS) is 17.1. The molecule has 0 saturated carbocycles. The number of aromatic nitrogens is 1. The first-order valence-electron chi connectivity index (χ1n) is 7.08. The number of nitrogens with zero attached hydrogens (tertiary/aromatic N) is 2. The number of anilines is 1. The number of ether oxygens (including phenoxy) is 2. The van der Waals surface area contributed by atoms with Crippen LogP contribution in [0, 0.1) is 6.92 Å². The molecule has 0 aromatic carbocycles. The highest BCUT2D eigenvalue weighted by molar-refractivity contribution is 7.17. The number of hydrogen-bond acceptors (Lipinski definition) is 6. The van der Waals surface area contributed by atoms with E-state index >= 15 is 0 Å². The maximum Gasteiger partial charge on any atom is 0.347 e. The van der Waals surface area contributed by atoms with E-state index in [1.807, 2.05) is 18.4 Å². The molecular formula is C16H16N2O4S. The average molecular weight is 332 g/mol. The van der Waals surface area contributed by atoms with Gasteiger partial charge in [-0.1, -0.05) is 11.3 Å². The second-order valence-electron chi connectivity index (χ2n) is 5.04. The van der Waals surface area contributed by atoms with Crippen LogP contribution in [0.4, 0.5) is 5.13 Å². The van der Waals surface area contributed by atoms with Gasteiger partial charge in [0.15, 0.2) is 5.13 Å². The summed E-state index contributed by atoms with van der Waals surface area (Å²) in [7, 11) is 1.64. The van der Waals surface area contributed by atoms with Crippen LogP contribution < -0.4 is 4.90 Å². The molecule has 0 amide bonds. The molecule has 0 saturated heterocycles. The highest BCUT2D eigenvalue weighted by Crippen LogP contribution is 2.31. The van der Waals surface area contributed by atoms with Crippen LogP contribution in [0.15, 0.2) is 47.9 Å². The van der Waals surface area contributed by atoms with Gasteiger partial charge in [0.25, 0.3) is 0 Å². The molecule has 0 unspecified atom stereocenters. The number of carbonyl (C=O) groups is 1. The molecule has 1 aromatic rings. The summed E-state index contributed by atoms with van der Waals surface area (Å²) in [5.74, 6) is 0.563. The van der Waals surface area contributed by atoms with Crippen molar-refractivity contribution in [3.05, 3.63) is 58.5 Å². The minimum Gasteiger partial charge on any atom is -0.497 e. The van der Waals surface area contributed by atoms with Crippen molar-refractivity contribution in [3.63, 3.8) is 0 Å². The fourth-order valence-electron chi connectivity index (χ4n) is 2.35. The molecule has 1 aliphatic heterocycles. The van der Waals surface area contributed by atoms with Crippen LogP contribution >= 0.6 is 11.3 Å². The zero-order valence-corrected chi connectivity index (χ0v) is 13.6. The monoisotopic (exact) mass is 332 g/mol. The van der Waals surface area contributed by atoms with Gasteiger partial charge in [0, 0.05) is 11.8 Å². The third-order valence-electron chi connectivity index (χ3n) is 3.50. The number of carboxylic acids is 1. The van der Waals surface area contributed by atoms with Crippen LogP contribution in [0.5, 0.6) is 0 Å². The Balaban J connectivity index is 1.89. The Bertz CT molecular complexity index is 758. The van der Waals surface area contributed by atoms with E-state index in [4.69, 9.17) is 14.6 Å². The lowest BCUT2D eigenvalue weighted by Crippen LogP contribution is -2.14. The number of aromatic carboxylic acids is 1. The van der Waals surface area contributed by atoms with Gasteiger partial charge >= 0.3 is 5.97 Å². The number of methoxy groups -OCH3 is 1. The minimum atomic E-state index is -0.961. The fourth-order valence-corrected chi connectivity index (χ4v) is 3.21. The third kappa shape index (κ3) is 3.14. The lowest BCUT2D eigenvalue weighted by molar-refractivity contribution is 0.0701. The van der Waals surface area contributed by atoms with E-state index in [0.717, 1.165) is 35.5 Å². The van der Waals surface area contributed by atoms with Crippen molar-refractivity contribution in [2.24, 2.45) is 0 Å². The predicted molar refractivity (Wildman–Crippen MR) is 87.0 cm³/mol. The summed E-state index contributed by atoms with van der Waals surface area (Å²) in [4.78, 5) is 17.5. The van der Waals surface area contributed by atoms with Gasteiger partial charge in [-0.25, -0.2) is 9.78 Å². The maximum absolute atomic E-state index is 11.2. The third-order valence-corrected chi connectivity index (χ3v) is 4.66. The van der Waals surface area contributed by atoms with Crippen LogP contribution in [-0.2, 0) is 9.47 Å². The fraction of sp³-hybridized carbons (Fsp3) is 0.250. The summed E-state index contributed by atoms with van der Waals surface area (Å²) in [5.41, 5.74) is 1.54. The summed E-state index contributed by atoms with van der Waals surface area (Å²) in [6.07, 6.45) is 10.8. The summed E-state index contributed by atoms with van der Waals surface area (Å²) in [6, 6.07) is 0. The zero-order chi connectivity index (χ0) is 16.4. The Labute approximate surface area is 137 Å². The molecule has 23 heavy (non-hydrogen) atoms. The van der Waals surface area contributed by atoms with Crippen molar-refractivity contribution in [2.75, 3.05) is 12.0 Å². The minimum absolute atomic E-state index is 0.247. The average Bonchev–Trinajstić information content (AvgIpc) is 2.97. The van der Waals surface area contributed by atoms with E-state index in [1.165, 1.54) is 0 Å². The lowest BCUT2D eigenvalue weighted by Gasteiger charge is -2.22. The van der Waals surface area contributed by atoms with Gasteiger partial charge in [-0.2, -0.15) is 0 Å². The highest BCUT2D eigenvalue weighted by atomic mass is 32.1. The summed E-state index contributed by atoms with van der Waals surface area (Å²) in [6.45, 7) is 1.69. The zero-order valence-electron chi connectivity index (χ0n) is 12.8. The first-order valence-corrected chi connectivity index (χ1v) is 7.89. The van der Waals surface area contributed by atoms with Crippen LogP contribution in [-0.4, -0.2) is 23.2 Å². The summed E-state index contributed by atoms with van der Waals surface area (Å²) >= 11 is 1.14. The Hall–Kier alpha value is -2.54. The molecule has 6 nitrogen and oxygen atoms in total. The van der Waals surface area contributed by atoms with Gasteiger partial charge in [-0.15, -0.1) is 0 Å². The molecule has 0 spiro atoms. The number of rotatable bonds is 4. The second kappa shape index (κ2) is 6.29. The molecule has 2 aliphatic rings. The van der Waals surface area contributed by atoms with Crippen molar-refractivity contribution < 1.29 is 19.4 Å². The number of carboxylic acid groups (broad SMARTS) is 1. The van der Waals surface area contributed by atoms with Crippen molar-refractivity contribution in [1.29, 1.82) is 0 Å². The van der Waals surface area contributed by atoms with E-state index in [-0.39, 0.29) is 4.88 Å². The van der Waals surface area contributed by atoms with E-state index in [2.05, 4.69) is 4.98 Å². The molecule has 1 N–H and O–H groups in total. The smallest absolute Gasteiger partial charge is 0.347 e. The predicted octanol–water partition coefficient (Wildman–Crippen LogP) is 3.55. The summed E-state index contributed by atoms with van der Waals surface area (Å²) < 4.78 is 10.9. The van der Waals surface area contributed by atoms with Gasteiger partial charge in [0.2, 0.25) is 0 Å². The molecule has 0 radical (unpaired) electrons. The molecule has 120 valence electrons. The Morgan fingerprint density at radius 2 is 2.35 bits per heavy atom. The quantitative estimate of drug-likeness (QED) is 0.909. The molecule has 7 heteroatoms. The Morgan fingerprint density at radius 1 is 1.52 bits per heavy atom. The number of aryl methyl sites for hydroxylation is 1. The van der Waals surface area contributed by atoms with E-state index in [1.54, 1.807) is 31.4 Å². The molecule has 3 rings (SSSR count). The Kier molecular flexibility index (Phi) is 4.20. The van der Waals surface area contributed by atoms with E-state index in [0.29, 0.717) is 16.6 Å². The first kappa shape index (κ1) is 15.4. The molecule has 1 aromatic heterocycles. The van der Waals surface area contributed by atoms with Crippen molar-refractivity contribution in [3.8, 4) is 0 Å². The molecule has 0 atom stereocenters. The van der Waals surface area contributed by atoms with Crippen LogP contribution in [0.3, 0.4) is 0 Å². The first-order chi connectivity index (χ1) is 11.1. The molecule has 0 bridgehead atoms. The van der Waals surface area contributed by atoms with Gasteiger partial charge < -0.3 is 14.6 Å². The van der Waals surface area contributed by atoms with Crippen molar-refractivity contribution >= 4 is 22.4 Å². The van der Waals surface area contributed by atoms with E-state index in [9.17, 15) is 4.79 Å². The second-order valence-corrected chi connectivity index (χ2v) is 6.02. The number of allylic oxidation sites excluding steroid dienone is 3. The number of hydrogen-bond donors (Lipinski definition) is 1.